The van der Waals surface area contributed by atoms with Crippen LogP contribution in [0.5, 0.6) is 0 Å². The lowest BCUT2D eigenvalue weighted by atomic mass is 10.1. The summed E-state index contributed by atoms with van der Waals surface area (Å²) < 4.78 is 14.4. The van der Waals surface area contributed by atoms with Gasteiger partial charge in [0.1, 0.15) is 5.82 Å². The van der Waals surface area contributed by atoms with Crippen LogP contribution in [-0.2, 0) is 6.42 Å². The fraction of sp³-hybridized carbons (Fsp3) is 0.143. The van der Waals surface area contributed by atoms with Crippen LogP contribution in [-0.4, -0.2) is 6.54 Å². The Morgan fingerprint density at radius 2 is 1.94 bits per heavy atom. The van der Waals surface area contributed by atoms with Gasteiger partial charge < -0.3 is 11.1 Å². The third-order valence-electron chi connectivity index (χ3n) is 2.68. The van der Waals surface area contributed by atoms with Gasteiger partial charge >= 0.3 is 0 Å². The van der Waals surface area contributed by atoms with Gasteiger partial charge in [0.15, 0.2) is 0 Å². The Bertz CT molecular complexity index is 543. The molecule has 0 aliphatic carbocycles. The number of para-hydroxylation sites is 2. The van der Waals surface area contributed by atoms with Crippen LogP contribution in [0.15, 0.2) is 46.9 Å². The number of hydrogen-bond donors (Lipinski definition) is 2. The zero-order valence-corrected chi connectivity index (χ0v) is 11.4. The van der Waals surface area contributed by atoms with Crippen molar-refractivity contribution in [2.75, 3.05) is 17.6 Å². The van der Waals surface area contributed by atoms with Crippen molar-refractivity contribution in [2.45, 2.75) is 6.42 Å². The number of nitrogen functional groups attached to an aromatic ring is 1. The van der Waals surface area contributed by atoms with Gasteiger partial charge in [0.2, 0.25) is 0 Å². The summed E-state index contributed by atoms with van der Waals surface area (Å²) in [7, 11) is 0. The van der Waals surface area contributed by atoms with E-state index in [1.165, 1.54) is 6.07 Å². The predicted molar refractivity (Wildman–Crippen MR) is 77.1 cm³/mol. The van der Waals surface area contributed by atoms with Gasteiger partial charge in [-0.15, -0.1) is 0 Å². The molecule has 2 rings (SSSR count). The molecule has 2 aromatic rings. The maximum Gasteiger partial charge on any atom is 0.126 e. The minimum absolute atomic E-state index is 0.180. The van der Waals surface area contributed by atoms with Crippen molar-refractivity contribution in [2.24, 2.45) is 0 Å². The minimum Gasteiger partial charge on any atom is -0.397 e. The fourth-order valence-corrected chi connectivity index (χ4v) is 2.13. The van der Waals surface area contributed by atoms with E-state index in [0.29, 0.717) is 24.2 Å². The molecule has 0 aliphatic heterocycles. The van der Waals surface area contributed by atoms with Crippen molar-refractivity contribution in [1.82, 2.24) is 0 Å². The molecule has 0 amide bonds. The van der Waals surface area contributed by atoms with Crippen molar-refractivity contribution >= 4 is 27.3 Å². The van der Waals surface area contributed by atoms with E-state index in [1.54, 1.807) is 12.1 Å². The lowest BCUT2D eigenvalue weighted by molar-refractivity contribution is 0.610. The largest absolute Gasteiger partial charge is 0.397 e. The third kappa shape index (κ3) is 3.23. The van der Waals surface area contributed by atoms with Gasteiger partial charge in [-0.2, -0.15) is 0 Å². The van der Waals surface area contributed by atoms with Gasteiger partial charge in [0, 0.05) is 11.0 Å². The summed E-state index contributed by atoms with van der Waals surface area (Å²) in [5, 5.41) is 3.20. The van der Waals surface area contributed by atoms with Crippen LogP contribution in [0.4, 0.5) is 15.8 Å². The van der Waals surface area contributed by atoms with Crippen LogP contribution in [0, 0.1) is 5.82 Å². The van der Waals surface area contributed by atoms with Gasteiger partial charge in [-0.25, -0.2) is 4.39 Å². The third-order valence-corrected chi connectivity index (χ3v) is 3.17. The number of hydrogen-bond acceptors (Lipinski definition) is 2. The average molecular weight is 309 g/mol. The molecule has 18 heavy (non-hydrogen) atoms. The van der Waals surface area contributed by atoms with Gasteiger partial charge in [-0.3, -0.25) is 0 Å². The molecule has 0 heterocycles. The molecular weight excluding hydrogens is 295 g/mol. The molecule has 0 radical (unpaired) electrons. The molecule has 0 aromatic heterocycles. The van der Waals surface area contributed by atoms with E-state index in [2.05, 4.69) is 21.2 Å². The summed E-state index contributed by atoms with van der Waals surface area (Å²) in [5.74, 6) is -0.180. The normalized spacial score (nSPS) is 10.3. The number of benzene rings is 2. The Morgan fingerprint density at radius 3 is 2.72 bits per heavy atom. The van der Waals surface area contributed by atoms with Crippen LogP contribution in [0.1, 0.15) is 5.56 Å². The number of nitrogens with two attached hydrogens (primary N) is 1. The lowest BCUT2D eigenvalue weighted by Crippen LogP contribution is -2.07. The first-order valence-corrected chi connectivity index (χ1v) is 6.48. The predicted octanol–water partition coefficient (Wildman–Crippen LogP) is 3.83. The zero-order chi connectivity index (χ0) is 13.0. The number of halogens is 2. The standard InChI is InChI=1S/C14H14BrFN2/c15-11-5-6-12(16)10(9-11)7-8-18-14-4-2-1-3-13(14)17/h1-6,9,18H,7-8,17H2. The number of anilines is 2. The topological polar surface area (TPSA) is 38.0 Å². The quantitative estimate of drug-likeness (QED) is 0.843. The first kappa shape index (κ1) is 12.9. The average Bonchev–Trinajstić information content (AvgIpc) is 2.36. The Morgan fingerprint density at radius 1 is 1.17 bits per heavy atom. The van der Waals surface area contributed by atoms with Gasteiger partial charge in [-0.05, 0) is 42.3 Å². The maximum absolute atomic E-state index is 13.5. The molecule has 94 valence electrons. The second kappa shape index (κ2) is 5.87. The Kier molecular flexibility index (Phi) is 4.20. The van der Waals surface area contributed by atoms with Crippen LogP contribution in [0.2, 0.25) is 0 Å². The molecule has 2 aromatic carbocycles. The summed E-state index contributed by atoms with van der Waals surface area (Å²) in [6, 6.07) is 12.5. The molecule has 0 spiro atoms. The second-order valence-corrected chi connectivity index (χ2v) is 4.92. The van der Waals surface area contributed by atoms with E-state index in [0.717, 1.165) is 10.2 Å². The molecular formula is C14H14BrFN2. The highest BCUT2D eigenvalue weighted by molar-refractivity contribution is 9.10. The van der Waals surface area contributed by atoms with Crippen molar-refractivity contribution in [3.63, 3.8) is 0 Å². The van der Waals surface area contributed by atoms with E-state index in [-0.39, 0.29) is 5.82 Å². The van der Waals surface area contributed by atoms with Gasteiger partial charge in [0.25, 0.3) is 0 Å². The van der Waals surface area contributed by atoms with Crippen LogP contribution in [0.25, 0.3) is 0 Å². The van der Waals surface area contributed by atoms with Crippen LogP contribution in [0.3, 0.4) is 0 Å². The van der Waals surface area contributed by atoms with E-state index < -0.39 is 0 Å². The summed E-state index contributed by atoms with van der Waals surface area (Å²) in [4.78, 5) is 0. The molecule has 0 saturated heterocycles. The Labute approximate surface area is 114 Å². The lowest BCUT2D eigenvalue weighted by Gasteiger charge is -2.09. The van der Waals surface area contributed by atoms with E-state index >= 15 is 0 Å². The molecule has 0 aliphatic rings. The molecule has 0 atom stereocenters. The fourth-order valence-electron chi connectivity index (χ4n) is 1.72. The summed E-state index contributed by atoms with van der Waals surface area (Å²) in [6.45, 7) is 0.640. The Hall–Kier alpha value is -1.55. The smallest absolute Gasteiger partial charge is 0.126 e. The van der Waals surface area contributed by atoms with Crippen LogP contribution >= 0.6 is 15.9 Å². The molecule has 4 heteroatoms. The molecule has 0 saturated carbocycles. The minimum atomic E-state index is -0.180. The van der Waals surface area contributed by atoms with E-state index in [4.69, 9.17) is 5.73 Å². The van der Waals surface area contributed by atoms with E-state index in [9.17, 15) is 4.39 Å². The highest BCUT2D eigenvalue weighted by Crippen LogP contribution is 2.18. The molecule has 2 nitrogen and oxygen atoms in total. The summed E-state index contributed by atoms with van der Waals surface area (Å²) in [5.41, 5.74) is 8.08. The van der Waals surface area contributed by atoms with Crippen molar-refractivity contribution in [3.8, 4) is 0 Å². The molecule has 0 bridgehead atoms. The summed E-state index contributed by atoms with van der Waals surface area (Å²) in [6.07, 6.45) is 0.611. The first-order chi connectivity index (χ1) is 8.66. The maximum atomic E-state index is 13.5. The summed E-state index contributed by atoms with van der Waals surface area (Å²) >= 11 is 3.34. The van der Waals surface area contributed by atoms with Gasteiger partial charge in [-0.1, -0.05) is 28.1 Å². The van der Waals surface area contributed by atoms with Crippen LogP contribution < -0.4 is 11.1 Å². The van der Waals surface area contributed by atoms with Crippen molar-refractivity contribution in [1.29, 1.82) is 0 Å². The molecule has 0 unspecified atom stereocenters. The van der Waals surface area contributed by atoms with E-state index in [1.807, 2.05) is 24.3 Å². The molecule has 0 fully saturated rings. The SMILES string of the molecule is Nc1ccccc1NCCc1cc(Br)ccc1F. The highest BCUT2D eigenvalue weighted by atomic mass is 79.9. The molecule has 3 N–H and O–H groups in total. The highest BCUT2D eigenvalue weighted by Gasteiger charge is 2.03. The van der Waals surface area contributed by atoms with Crippen molar-refractivity contribution in [3.05, 3.63) is 58.3 Å². The van der Waals surface area contributed by atoms with Gasteiger partial charge in [0.05, 0.1) is 11.4 Å². The first-order valence-electron chi connectivity index (χ1n) is 5.69. The monoisotopic (exact) mass is 308 g/mol. The Balaban J connectivity index is 1.96. The second-order valence-electron chi connectivity index (χ2n) is 4.00. The number of rotatable bonds is 4. The van der Waals surface area contributed by atoms with Crippen molar-refractivity contribution < 1.29 is 4.39 Å². The number of nitrogens with one attached hydrogen (secondary N) is 1. The zero-order valence-electron chi connectivity index (χ0n) is 9.79.